The molecule has 8 heteroatoms. The SMILES string of the molecule is O=C(CCCN1C(=O)c2ccccc2C1=O)OCc1csc(-c2ccc(F)cc2)n1. The van der Waals surface area contributed by atoms with Crippen LogP contribution in [-0.2, 0) is 16.1 Å². The second kappa shape index (κ2) is 8.54. The Kier molecular flexibility index (Phi) is 5.67. The van der Waals surface area contributed by atoms with Gasteiger partial charge in [0.05, 0.1) is 16.8 Å². The summed E-state index contributed by atoms with van der Waals surface area (Å²) in [6, 6.07) is 12.7. The van der Waals surface area contributed by atoms with Gasteiger partial charge in [-0.3, -0.25) is 19.3 Å². The van der Waals surface area contributed by atoms with E-state index in [0.29, 0.717) is 28.2 Å². The van der Waals surface area contributed by atoms with Crippen molar-refractivity contribution in [2.75, 3.05) is 6.54 Å². The molecule has 0 saturated carbocycles. The van der Waals surface area contributed by atoms with Crippen molar-refractivity contribution in [1.29, 1.82) is 0 Å². The highest BCUT2D eigenvalue weighted by molar-refractivity contribution is 7.13. The zero-order valence-corrected chi connectivity index (χ0v) is 16.7. The summed E-state index contributed by atoms with van der Waals surface area (Å²) in [7, 11) is 0. The van der Waals surface area contributed by atoms with Crippen molar-refractivity contribution in [1.82, 2.24) is 9.88 Å². The molecule has 30 heavy (non-hydrogen) atoms. The van der Waals surface area contributed by atoms with Gasteiger partial charge in [-0.15, -0.1) is 11.3 Å². The number of esters is 1. The molecule has 0 bridgehead atoms. The lowest BCUT2D eigenvalue weighted by Gasteiger charge is -2.13. The number of hydrogen-bond donors (Lipinski definition) is 0. The van der Waals surface area contributed by atoms with E-state index in [1.54, 1.807) is 41.8 Å². The number of fused-ring (bicyclic) bond motifs is 1. The molecular formula is C22H17FN2O4S. The van der Waals surface area contributed by atoms with Crippen LogP contribution in [0.3, 0.4) is 0 Å². The maximum absolute atomic E-state index is 13.0. The second-order valence-electron chi connectivity index (χ2n) is 6.72. The highest BCUT2D eigenvalue weighted by atomic mass is 32.1. The van der Waals surface area contributed by atoms with Crippen LogP contribution < -0.4 is 0 Å². The number of nitrogens with zero attached hydrogens (tertiary/aromatic N) is 2. The van der Waals surface area contributed by atoms with Gasteiger partial charge in [0, 0.05) is 23.9 Å². The van der Waals surface area contributed by atoms with Gasteiger partial charge in [0.2, 0.25) is 0 Å². The summed E-state index contributed by atoms with van der Waals surface area (Å²) in [5.74, 6) is -1.41. The average Bonchev–Trinajstić information content (AvgIpc) is 3.32. The van der Waals surface area contributed by atoms with Crippen LogP contribution in [-0.4, -0.2) is 34.2 Å². The van der Waals surface area contributed by atoms with Crippen molar-refractivity contribution >= 4 is 29.1 Å². The molecule has 4 rings (SSSR count). The van der Waals surface area contributed by atoms with Crippen molar-refractivity contribution in [3.05, 3.63) is 76.5 Å². The molecule has 0 fully saturated rings. The largest absolute Gasteiger partial charge is 0.459 e. The first kappa shape index (κ1) is 19.9. The molecule has 0 saturated heterocycles. The van der Waals surface area contributed by atoms with E-state index < -0.39 is 5.97 Å². The molecule has 2 aromatic carbocycles. The minimum absolute atomic E-state index is 0.0313. The first-order valence-electron chi connectivity index (χ1n) is 9.34. The number of imide groups is 1. The van der Waals surface area contributed by atoms with E-state index in [9.17, 15) is 18.8 Å². The van der Waals surface area contributed by atoms with Crippen molar-refractivity contribution in [3.8, 4) is 10.6 Å². The summed E-state index contributed by atoms with van der Waals surface area (Å²) in [6.45, 7) is 0.191. The number of aromatic nitrogens is 1. The first-order valence-corrected chi connectivity index (χ1v) is 10.2. The van der Waals surface area contributed by atoms with Crippen LogP contribution >= 0.6 is 11.3 Å². The lowest BCUT2D eigenvalue weighted by Crippen LogP contribution is -2.31. The molecule has 0 radical (unpaired) electrons. The van der Waals surface area contributed by atoms with Crippen LogP contribution in [0, 0.1) is 5.82 Å². The van der Waals surface area contributed by atoms with Crippen molar-refractivity contribution < 1.29 is 23.5 Å². The third kappa shape index (κ3) is 4.13. The molecule has 2 heterocycles. The van der Waals surface area contributed by atoms with Gasteiger partial charge in [-0.1, -0.05) is 12.1 Å². The fourth-order valence-corrected chi connectivity index (χ4v) is 3.96. The standard InChI is InChI=1S/C22H17FN2O4S/c23-15-9-7-14(8-10-15)20-24-16(13-30-20)12-29-19(26)6-3-11-25-21(27)17-4-1-2-5-18(17)22(25)28/h1-2,4-5,7-10,13H,3,6,11-12H2. The number of ether oxygens (including phenoxy) is 1. The van der Waals surface area contributed by atoms with E-state index >= 15 is 0 Å². The van der Waals surface area contributed by atoms with Crippen molar-refractivity contribution in [3.63, 3.8) is 0 Å². The Bertz CT molecular complexity index is 1080. The van der Waals surface area contributed by atoms with E-state index in [1.165, 1.54) is 23.5 Å². The molecule has 1 aromatic heterocycles. The maximum atomic E-state index is 13.0. The number of hydrogen-bond acceptors (Lipinski definition) is 6. The molecule has 0 aliphatic carbocycles. The zero-order chi connectivity index (χ0) is 21.1. The lowest BCUT2D eigenvalue weighted by atomic mass is 10.1. The van der Waals surface area contributed by atoms with Gasteiger partial charge < -0.3 is 4.74 Å². The number of carbonyl (C=O) groups is 3. The number of benzene rings is 2. The van der Waals surface area contributed by atoms with Crippen LogP contribution in [0.4, 0.5) is 4.39 Å². The Balaban J connectivity index is 1.24. The fraction of sp³-hybridized carbons (Fsp3) is 0.182. The molecular weight excluding hydrogens is 407 g/mol. The van der Waals surface area contributed by atoms with Gasteiger partial charge in [0.15, 0.2) is 0 Å². The smallest absolute Gasteiger partial charge is 0.306 e. The van der Waals surface area contributed by atoms with Crippen LogP contribution in [0.5, 0.6) is 0 Å². The number of thiazole rings is 1. The molecule has 152 valence electrons. The summed E-state index contributed by atoms with van der Waals surface area (Å²) < 4.78 is 18.2. The third-order valence-electron chi connectivity index (χ3n) is 4.66. The maximum Gasteiger partial charge on any atom is 0.306 e. The Morgan fingerprint density at radius 2 is 1.70 bits per heavy atom. The zero-order valence-electron chi connectivity index (χ0n) is 15.8. The summed E-state index contributed by atoms with van der Waals surface area (Å²) in [6.07, 6.45) is 0.407. The van der Waals surface area contributed by atoms with Gasteiger partial charge in [0.25, 0.3) is 11.8 Å². The summed E-state index contributed by atoms with van der Waals surface area (Å²) in [5, 5.41) is 2.50. The molecule has 6 nitrogen and oxygen atoms in total. The number of carbonyl (C=O) groups excluding carboxylic acids is 3. The van der Waals surface area contributed by atoms with Crippen molar-refractivity contribution in [2.24, 2.45) is 0 Å². The average molecular weight is 424 g/mol. The highest BCUT2D eigenvalue weighted by Crippen LogP contribution is 2.25. The molecule has 2 amide bonds. The fourth-order valence-electron chi connectivity index (χ4n) is 3.15. The van der Waals surface area contributed by atoms with Crippen LogP contribution in [0.1, 0.15) is 39.3 Å². The predicted molar refractivity (Wildman–Crippen MR) is 108 cm³/mol. The number of rotatable bonds is 7. The van der Waals surface area contributed by atoms with E-state index in [1.807, 2.05) is 0 Å². The summed E-state index contributed by atoms with van der Waals surface area (Å²) in [4.78, 5) is 42.1. The van der Waals surface area contributed by atoms with Gasteiger partial charge in [-0.05, 0) is 42.8 Å². The number of halogens is 1. The first-order chi connectivity index (χ1) is 14.5. The molecule has 3 aromatic rings. The minimum Gasteiger partial charge on any atom is -0.459 e. The topological polar surface area (TPSA) is 76.6 Å². The van der Waals surface area contributed by atoms with Crippen LogP contribution in [0.15, 0.2) is 53.9 Å². The lowest BCUT2D eigenvalue weighted by molar-refractivity contribution is -0.145. The normalized spacial score (nSPS) is 12.9. The molecule has 0 unspecified atom stereocenters. The van der Waals surface area contributed by atoms with Crippen LogP contribution in [0.25, 0.3) is 10.6 Å². The Labute approximate surface area is 175 Å². The monoisotopic (exact) mass is 424 g/mol. The Morgan fingerprint density at radius 1 is 1.03 bits per heavy atom. The van der Waals surface area contributed by atoms with Gasteiger partial charge in [-0.25, -0.2) is 9.37 Å². The Hall–Kier alpha value is -3.39. The quantitative estimate of drug-likeness (QED) is 0.422. The van der Waals surface area contributed by atoms with Gasteiger partial charge in [0.1, 0.15) is 17.4 Å². The molecule has 0 atom stereocenters. The van der Waals surface area contributed by atoms with E-state index in [2.05, 4.69) is 4.98 Å². The summed E-state index contributed by atoms with van der Waals surface area (Å²) >= 11 is 1.38. The minimum atomic E-state index is -0.428. The van der Waals surface area contributed by atoms with E-state index in [0.717, 1.165) is 10.5 Å². The summed E-state index contributed by atoms with van der Waals surface area (Å²) in [5.41, 5.74) is 2.18. The van der Waals surface area contributed by atoms with E-state index in [4.69, 9.17) is 4.74 Å². The molecule has 0 spiro atoms. The van der Waals surface area contributed by atoms with Gasteiger partial charge in [-0.2, -0.15) is 0 Å². The van der Waals surface area contributed by atoms with Crippen molar-refractivity contribution in [2.45, 2.75) is 19.4 Å². The van der Waals surface area contributed by atoms with Crippen LogP contribution in [0.2, 0.25) is 0 Å². The highest BCUT2D eigenvalue weighted by Gasteiger charge is 2.34. The van der Waals surface area contributed by atoms with E-state index in [-0.39, 0.29) is 37.2 Å². The molecule has 0 N–H and O–H groups in total. The van der Waals surface area contributed by atoms with Gasteiger partial charge >= 0.3 is 5.97 Å². The Morgan fingerprint density at radius 3 is 2.37 bits per heavy atom. The predicted octanol–water partition coefficient (Wildman–Crippen LogP) is 4.07. The third-order valence-corrected chi connectivity index (χ3v) is 5.60. The molecule has 1 aliphatic heterocycles. The second-order valence-corrected chi connectivity index (χ2v) is 7.58. The molecule has 1 aliphatic rings. The number of amides is 2.